The number of hydrogen-bond acceptors (Lipinski definition) is 1. The predicted octanol–water partition coefficient (Wildman–Crippen LogP) is 3.65. The van der Waals surface area contributed by atoms with Crippen LogP contribution in [-0.4, -0.2) is 11.4 Å². The zero-order valence-electron chi connectivity index (χ0n) is 7.50. The van der Waals surface area contributed by atoms with Gasteiger partial charge in [-0.25, -0.2) is 4.39 Å². The van der Waals surface area contributed by atoms with Crippen molar-refractivity contribution in [2.75, 3.05) is 0 Å². The molecule has 0 saturated heterocycles. The molecule has 0 spiro atoms. The first kappa shape index (κ1) is 12.2. The van der Waals surface area contributed by atoms with Gasteiger partial charge in [0.2, 0.25) is 5.24 Å². The van der Waals surface area contributed by atoms with Gasteiger partial charge in [-0.2, -0.15) is 13.2 Å². The second-order valence-corrected chi connectivity index (χ2v) is 3.57. The highest BCUT2D eigenvalue weighted by atomic mass is 35.5. The third-order valence-corrected chi connectivity index (χ3v) is 2.11. The Kier molecular flexibility index (Phi) is 3.54. The molecule has 0 aromatic carbocycles. The van der Waals surface area contributed by atoms with Gasteiger partial charge < -0.3 is 0 Å². The summed E-state index contributed by atoms with van der Waals surface area (Å²) < 4.78 is 49.6. The number of carbonyl (C=O) groups excluding carboxylic acids is 1. The Morgan fingerprint density at radius 2 is 2.00 bits per heavy atom. The Morgan fingerprint density at radius 3 is 2.47 bits per heavy atom. The minimum atomic E-state index is -4.72. The summed E-state index contributed by atoms with van der Waals surface area (Å²) in [5, 5.41) is -0.745. The van der Waals surface area contributed by atoms with Crippen LogP contribution in [-0.2, 0) is 4.79 Å². The molecule has 0 aliphatic heterocycles. The average molecular weight is 243 g/mol. The predicted molar refractivity (Wildman–Crippen MR) is 47.0 cm³/mol. The van der Waals surface area contributed by atoms with Crippen LogP contribution in [0.4, 0.5) is 17.6 Å². The summed E-state index contributed by atoms with van der Waals surface area (Å²) in [6.07, 6.45) is -4.55. The maximum absolute atomic E-state index is 12.9. The van der Waals surface area contributed by atoms with Crippen LogP contribution in [0.15, 0.2) is 23.0 Å². The molecule has 0 heterocycles. The lowest BCUT2D eigenvalue weighted by atomic mass is 9.96. The second kappa shape index (κ2) is 4.35. The summed E-state index contributed by atoms with van der Waals surface area (Å²) >= 11 is 5.04. The van der Waals surface area contributed by atoms with E-state index in [0.717, 1.165) is 0 Å². The largest absolute Gasteiger partial charge is 0.418 e. The lowest BCUT2D eigenvalue weighted by Gasteiger charge is -2.16. The Labute approximate surface area is 88.4 Å². The van der Waals surface area contributed by atoms with E-state index in [1.54, 1.807) is 0 Å². The molecule has 0 atom stereocenters. The van der Waals surface area contributed by atoms with Crippen LogP contribution in [0.2, 0.25) is 0 Å². The molecule has 0 radical (unpaired) electrons. The van der Waals surface area contributed by atoms with E-state index in [9.17, 15) is 22.4 Å². The highest BCUT2D eigenvalue weighted by Crippen LogP contribution is 2.37. The number of carbonyl (C=O) groups is 1. The summed E-state index contributed by atoms with van der Waals surface area (Å²) in [7, 11) is 0. The van der Waals surface area contributed by atoms with Crippen LogP contribution in [0, 0.1) is 0 Å². The van der Waals surface area contributed by atoms with Crippen LogP contribution in [0.5, 0.6) is 0 Å². The topological polar surface area (TPSA) is 17.1 Å². The van der Waals surface area contributed by atoms with Gasteiger partial charge in [0.05, 0.1) is 5.57 Å². The quantitative estimate of drug-likeness (QED) is 0.534. The smallest absolute Gasteiger partial charge is 0.281 e. The zero-order chi connectivity index (χ0) is 11.6. The number of rotatable bonds is 2. The first-order valence-corrected chi connectivity index (χ1v) is 4.52. The van der Waals surface area contributed by atoms with Crippen LogP contribution in [0.25, 0.3) is 0 Å². The first-order chi connectivity index (χ1) is 6.80. The fourth-order valence-electron chi connectivity index (χ4n) is 1.31. The summed E-state index contributed by atoms with van der Waals surface area (Å²) in [6, 6.07) is 0. The molecule has 0 aromatic heterocycles. The van der Waals surface area contributed by atoms with Crippen LogP contribution in [0.3, 0.4) is 0 Å². The molecule has 1 rings (SSSR count). The first-order valence-electron chi connectivity index (χ1n) is 4.14. The number of alkyl halides is 3. The summed E-state index contributed by atoms with van der Waals surface area (Å²) in [5.74, 6) is -1.19. The van der Waals surface area contributed by atoms with Gasteiger partial charge >= 0.3 is 6.18 Å². The van der Waals surface area contributed by atoms with Crippen molar-refractivity contribution >= 4 is 16.8 Å². The van der Waals surface area contributed by atoms with Crippen molar-refractivity contribution in [2.24, 2.45) is 0 Å². The SMILES string of the molecule is O=C(Cl)CC1=CC(C(F)(F)F)=C(F)CC1. The standard InChI is InChI=1S/C9H7ClF4O/c10-8(15)4-5-1-2-7(11)6(3-5)9(12,13)14/h3H,1-2,4H2. The van der Waals surface area contributed by atoms with Gasteiger partial charge in [0.25, 0.3) is 0 Å². The molecule has 0 bridgehead atoms. The van der Waals surface area contributed by atoms with Crippen LogP contribution in [0.1, 0.15) is 19.3 Å². The molecule has 1 aliphatic rings. The van der Waals surface area contributed by atoms with E-state index in [2.05, 4.69) is 0 Å². The van der Waals surface area contributed by atoms with E-state index in [4.69, 9.17) is 11.6 Å². The van der Waals surface area contributed by atoms with Crippen molar-refractivity contribution in [2.45, 2.75) is 25.4 Å². The average Bonchev–Trinajstić information content (AvgIpc) is 2.05. The van der Waals surface area contributed by atoms with E-state index in [0.29, 0.717) is 6.08 Å². The maximum Gasteiger partial charge on any atom is 0.418 e. The molecule has 84 valence electrons. The molecule has 6 heteroatoms. The lowest BCUT2D eigenvalue weighted by Crippen LogP contribution is -2.15. The Hall–Kier alpha value is -0.840. The fourth-order valence-corrected chi connectivity index (χ4v) is 1.48. The molecule has 1 nitrogen and oxygen atoms in total. The molecular formula is C9H7ClF4O. The summed E-state index contributed by atoms with van der Waals surface area (Å²) in [6.45, 7) is 0. The number of hydrogen-bond donors (Lipinski definition) is 0. The number of allylic oxidation sites excluding steroid dienone is 4. The van der Waals surface area contributed by atoms with Gasteiger partial charge in [0, 0.05) is 12.8 Å². The fraction of sp³-hybridized carbons (Fsp3) is 0.444. The minimum absolute atomic E-state index is 0.101. The molecule has 15 heavy (non-hydrogen) atoms. The molecule has 0 saturated carbocycles. The van der Waals surface area contributed by atoms with E-state index in [-0.39, 0.29) is 24.8 Å². The Morgan fingerprint density at radius 1 is 1.40 bits per heavy atom. The molecular weight excluding hydrogens is 236 g/mol. The third kappa shape index (κ3) is 3.34. The van der Waals surface area contributed by atoms with Gasteiger partial charge in [-0.15, -0.1) is 0 Å². The highest BCUT2D eigenvalue weighted by molar-refractivity contribution is 6.63. The maximum atomic E-state index is 12.9. The van der Waals surface area contributed by atoms with E-state index in [1.165, 1.54) is 0 Å². The van der Waals surface area contributed by atoms with Crippen molar-refractivity contribution in [3.63, 3.8) is 0 Å². The van der Waals surface area contributed by atoms with Crippen LogP contribution < -0.4 is 0 Å². The second-order valence-electron chi connectivity index (χ2n) is 3.15. The Balaban J connectivity index is 2.94. The van der Waals surface area contributed by atoms with Gasteiger partial charge in [0.1, 0.15) is 5.83 Å². The molecule has 0 unspecified atom stereocenters. The summed E-state index contributed by atoms with van der Waals surface area (Å²) in [4.78, 5) is 10.5. The number of halogens is 5. The molecule has 0 aromatic rings. The lowest BCUT2D eigenvalue weighted by molar-refractivity contribution is -0.111. The van der Waals surface area contributed by atoms with Crippen molar-refractivity contribution in [3.8, 4) is 0 Å². The monoisotopic (exact) mass is 242 g/mol. The zero-order valence-corrected chi connectivity index (χ0v) is 8.25. The van der Waals surface area contributed by atoms with Crippen molar-refractivity contribution in [1.82, 2.24) is 0 Å². The van der Waals surface area contributed by atoms with Crippen LogP contribution >= 0.6 is 11.6 Å². The highest BCUT2D eigenvalue weighted by Gasteiger charge is 2.37. The Bertz CT molecular complexity index is 341. The summed E-state index contributed by atoms with van der Waals surface area (Å²) in [5.41, 5.74) is -1.09. The molecule has 0 amide bonds. The van der Waals surface area contributed by atoms with Crippen molar-refractivity contribution < 1.29 is 22.4 Å². The van der Waals surface area contributed by atoms with Gasteiger partial charge in [0.15, 0.2) is 0 Å². The van der Waals surface area contributed by atoms with E-state index < -0.39 is 22.8 Å². The minimum Gasteiger partial charge on any atom is -0.281 e. The van der Waals surface area contributed by atoms with Gasteiger partial charge in [-0.1, -0.05) is 5.57 Å². The normalized spacial score (nSPS) is 17.8. The van der Waals surface area contributed by atoms with E-state index in [1.807, 2.05) is 0 Å². The van der Waals surface area contributed by atoms with Crippen molar-refractivity contribution in [3.05, 3.63) is 23.0 Å². The molecule has 0 N–H and O–H groups in total. The van der Waals surface area contributed by atoms with Gasteiger partial charge in [-0.3, -0.25) is 4.79 Å². The molecule has 1 aliphatic carbocycles. The third-order valence-electron chi connectivity index (χ3n) is 1.98. The van der Waals surface area contributed by atoms with E-state index >= 15 is 0 Å². The van der Waals surface area contributed by atoms with Crippen molar-refractivity contribution in [1.29, 1.82) is 0 Å². The molecule has 0 fully saturated rings. The van der Waals surface area contributed by atoms with Gasteiger partial charge in [-0.05, 0) is 24.1 Å².